The Bertz CT molecular complexity index is 544. The standard InChI is InChI=1S/C13H15FIN3O/c1-2-16-7-3-4-12-17-18-13(19-12)10-6-5-9(14)8-11(10)15/h5-6,8,16H,2-4,7H2,1H3. The number of aromatic nitrogens is 2. The molecular weight excluding hydrogens is 360 g/mol. The van der Waals surface area contributed by atoms with E-state index in [1.54, 1.807) is 6.07 Å². The van der Waals surface area contributed by atoms with Crippen LogP contribution in [0.5, 0.6) is 0 Å². The highest BCUT2D eigenvalue weighted by molar-refractivity contribution is 14.1. The van der Waals surface area contributed by atoms with Crippen LogP contribution in [0.15, 0.2) is 22.6 Å². The SMILES string of the molecule is CCNCCCc1nnc(-c2ccc(F)cc2I)o1. The van der Waals surface area contributed by atoms with E-state index in [1.807, 2.05) is 0 Å². The molecule has 0 radical (unpaired) electrons. The quantitative estimate of drug-likeness (QED) is 0.623. The Kier molecular flexibility index (Phi) is 5.26. The summed E-state index contributed by atoms with van der Waals surface area (Å²) in [5.41, 5.74) is 0.771. The van der Waals surface area contributed by atoms with Crippen molar-refractivity contribution in [2.45, 2.75) is 19.8 Å². The van der Waals surface area contributed by atoms with Gasteiger partial charge in [0.05, 0.1) is 5.56 Å². The Morgan fingerprint density at radius 2 is 2.21 bits per heavy atom. The highest BCUT2D eigenvalue weighted by Gasteiger charge is 2.12. The molecule has 6 heteroatoms. The van der Waals surface area contributed by atoms with E-state index < -0.39 is 0 Å². The van der Waals surface area contributed by atoms with Crippen molar-refractivity contribution in [3.05, 3.63) is 33.5 Å². The summed E-state index contributed by atoms with van der Waals surface area (Å²) in [7, 11) is 0. The van der Waals surface area contributed by atoms with Gasteiger partial charge in [-0.25, -0.2) is 4.39 Å². The molecule has 1 aromatic carbocycles. The van der Waals surface area contributed by atoms with Gasteiger partial charge in [-0.3, -0.25) is 0 Å². The molecule has 19 heavy (non-hydrogen) atoms. The monoisotopic (exact) mass is 375 g/mol. The highest BCUT2D eigenvalue weighted by Crippen LogP contribution is 2.24. The molecule has 0 saturated carbocycles. The van der Waals surface area contributed by atoms with Gasteiger partial charge in [0.15, 0.2) is 0 Å². The lowest BCUT2D eigenvalue weighted by molar-refractivity contribution is 0.492. The molecule has 4 nitrogen and oxygen atoms in total. The molecule has 0 spiro atoms. The summed E-state index contributed by atoms with van der Waals surface area (Å²) in [6.45, 7) is 3.96. The van der Waals surface area contributed by atoms with E-state index in [9.17, 15) is 4.39 Å². The van der Waals surface area contributed by atoms with E-state index in [0.29, 0.717) is 11.8 Å². The van der Waals surface area contributed by atoms with Gasteiger partial charge < -0.3 is 9.73 Å². The van der Waals surface area contributed by atoms with E-state index in [1.165, 1.54) is 12.1 Å². The lowest BCUT2D eigenvalue weighted by Crippen LogP contribution is -2.14. The zero-order valence-electron chi connectivity index (χ0n) is 10.6. The Morgan fingerprint density at radius 3 is 2.95 bits per heavy atom. The summed E-state index contributed by atoms with van der Waals surface area (Å²) in [5, 5.41) is 11.3. The van der Waals surface area contributed by atoms with Crippen molar-refractivity contribution < 1.29 is 8.81 Å². The molecule has 0 atom stereocenters. The second-order valence-electron chi connectivity index (χ2n) is 4.08. The van der Waals surface area contributed by atoms with Gasteiger partial charge in [-0.2, -0.15) is 0 Å². The van der Waals surface area contributed by atoms with Gasteiger partial charge in [-0.1, -0.05) is 6.92 Å². The summed E-state index contributed by atoms with van der Waals surface area (Å²) >= 11 is 2.06. The second kappa shape index (κ2) is 6.95. The third-order valence-electron chi connectivity index (χ3n) is 2.62. The van der Waals surface area contributed by atoms with Crippen LogP contribution in [0, 0.1) is 9.39 Å². The molecule has 0 aliphatic rings. The summed E-state index contributed by atoms with van der Waals surface area (Å²) in [6, 6.07) is 4.50. The first kappa shape index (κ1) is 14.4. The Balaban J connectivity index is 2.04. The molecule has 1 heterocycles. The maximum absolute atomic E-state index is 13.0. The number of nitrogens with one attached hydrogen (secondary N) is 1. The minimum atomic E-state index is -0.265. The molecular formula is C13H15FIN3O. The lowest BCUT2D eigenvalue weighted by Gasteiger charge is -1.99. The van der Waals surface area contributed by atoms with Crippen molar-refractivity contribution in [3.8, 4) is 11.5 Å². The van der Waals surface area contributed by atoms with Gasteiger partial charge in [0, 0.05) is 9.99 Å². The van der Waals surface area contributed by atoms with Crippen LogP contribution in [0.25, 0.3) is 11.5 Å². The van der Waals surface area contributed by atoms with Gasteiger partial charge in [0.25, 0.3) is 0 Å². The Morgan fingerprint density at radius 1 is 1.37 bits per heavy atom. The average Bonchev–Trinajstić information content (AvgIpc) is 2.83. The molecule has 0 amide bonds. The topological polar surface area (TPSA) is 51.0 Å². The molecule has 1 N–H and O–H groups in total. The zero-order valence-corrected chi connectivity index (χ0v) is 12.8. The van der Waals surface area contributed by atoms with E-state index in [-0.39, 0.29) is 5.82 Å². The van der Waals surface area contributed by atoms with Gasteiger partial charge in [-0.15, -0.1) is 10.2 Å². The second-order valence-corrected chi connectivity index (χ2v) is 5.24. The molecule has 102 valence electrons. The minimum absolute atomic E-state index is 0.265. The van der Waals surface area contributed by atoms with E-state index >= 15 is 0 Å². The molecule has 0 unspecified atom stereocenters. The zero-order chi connectivity index (χ0) is 13.7. The molecule has 2 aromatic rings. The van der Waals surface area contributed by atoms with Gasteiger partial charge in [0.2, 0.25) is 11.8 Å². The Labute approximate surface area is 124 Å². The van der Waals surface area contributed by atoms with Crippen LogP contribution in [0.2, 0.25) is 0 Å². The number of aryl methyl sites for hydroxylation is 1. The third-order valence-corrected chi connectivity index (χ3v) is 3.52. The van der Waals surface area contributed by atoms with Gasteiger partial charge in [0.1, 0.15) is 5.82 Å². The predicted octanol–water partition coefficient (Wildman–Crippen LogP) is 3.02. The van der Waals surface area contributed by atoms with Gasteiger partial charge >= 0.3 is 0 Å². The highest BCUT2D eigenvalue weighted by atomic mass is 127. The predicted molar refractivity (Wildman–Crippen MR) is 79.3 cm³/mol. The van der Waals surface area contributed by atoms with Crippen molar-refractivity contribution >= 4 is 22.6 Å². The normalized spacial score (nSPS) is 10.9. The van der Waals surface area contributed by atoms with Crippen LogP contribution < -0.4 is 5.32 Å². The fourth-order valence-electron chi connectivity index (χ4n) is 1.67. The molecule has 2 rings (SSSR count). The molecule has 1 aromatic heterocycles. The fourth-order valence-corrected chi connectivity index (χ4v) is 2.38. The maximum Gasteiger partial charge on any atom is 0.248 e. The number of rotatable bonds is 6. The van der Waals surface area contributed by atoms with Gasteiger partial charge in [-0.05, 0) is 60.3 Å². The first-order valence-corrected chi connectivity index (χ1v) is 7.27. The fraction of sp³-hybridized carbons (Fsp3) is 0.385. The minimum Gasteiger partial charge on any atom is -0.421 e. The van der Waals surface area contributed by atoms with Crippen LogP contribution >= 0.6 is 22.6 Å². The molecule has 0 bridgehead atoms. The summed E-state index contributed by atoms with van der Waals surface area (Å²) in [5.74, 6) is 0.800. The Hall–Kier alpha value is -1.02. The summed E-state index contributed by atoms with van der Waals surface area (Å²) in [4.78, 5) is 0. The van der Waals surface area contributed by atoms with Crippen LogP contribution in [0.1, 0.15) is 19.2 Å². The van der Waals surface area contributed by atoms with Crippen molar-refractivity contribution in [1.29, 1.82) is 0 Å². The number of hydrogen-bond donors (Lipinski definition) is 1. The average molecular weight is 375 g/mol. The molecule has 0 fully saturated rings. The van der Waals surface area contributed by atoms with Crippen molar-refractivity contribution in [1.82, 2.24) is 15.5 Å². The number of nitrogens with zero attached hydrogens (tertiary/aromatic N) is 2. The maximum atomic E-state index is 13.0. The van der Waals surface area contributed by atoms with E-state index in [0.717, 1.165) is 35.1 Å². The first-order valence-electron chi connectivity index (χ1n) is 6.19. The van der Waals surface area contributed by atoms with Crippen molar-refractivity contribution in [3.63, 3.8) is 0 Å². The molecule has 0 aliphatic heterocycles. The first-order chi connectivity index (χ1) is 9.20. The smallest absolute Gasteiger partial charge is 0.248 e. The van der Waals surface area contributed by atoms with Crippen molar-refractivity contribution in [2.24, 2.45) is 0 Å². The third kappa shape index (κ3) is 3.97. The number of benzene rings is 1. The largest absolute Gasteiger partial charge is 0.421 e. The molecule has 0 aliphatic carbocycles. The van der Waals surface area contributed by atoms with E-state index in [2.05, 4.69) is 45.0 Å². The van der Waals surface area contributed by atoms with Crippen LogP contribution in [0.4, 0.5) is 4.39 Å². The van der Waals surface area contributed by atoms with Crippen LogP contribution in [-0.2, 0) is 6.42 Å². The number of hydrogen-bond acceptors (Lipinski definition) is 4. The van der Waals surface area contributed by atoms with Crippen LogP contribution in [0.3, 0.4) is 0 Å². The number of halogens is 2. The lowest BCUT2D eigenvalue weighted by atomic mass is 10.2. The van der Waals surface area contributed by atoms with Crippen molar-refractivity contribution in [2.75, 3.05) is 13.1 Å². The molecule has 0 saturated heterocycles. The summed E-state index contributed by atoms with van der Waals surface area (Å²) in [6.07, 6.45) is 1.70. The van der Waals surface area contributed by atoms with E-state index in [4.69, 9.17) is 4.42 Å². The van der Waals surface area contributed by atoms with Crippen LogP contribution in [-0.4, -0.2) is 23.3 Å². The summed E-state index contributed by atoms with van der Waals surface area (Å²) < 4.78 is 19.4.